The van der Waals surface area contributed by atoms with Gasteiger partial charge in [0.15, 0.2) is 0 Å². The molecular weight excluding hydrogens is 234 g/mol. The molecule has 2 fully saturated rings. The molecule has 18 heavy (non-hydrogen) atoms. The summed E-state index contributed by atoms with van der Waals surface area (Å²) in [4.78, 5) is 24.5. The molecule has 0 amide bonds. The molecule has 5 nitrogen and oxygen atoms in total. The number of ether oxygens (including phenoxy) is 2. The lowest BCUT2D eigenvalue weighted by Gasteiger charge is -2.40. The molecule has 2 rings (SSSR count). The van der Waals surface area contributed by atoms with Crippen LogP contribution < -0.4 is 5.32 Å². The maximum atomic E-state index is 12.3. The van der Waals surface area contributed by atoms with Crippen LogP contribution in [0.5, 0.6) is 0 Å². The zero-order chi connectivity index (χ0) is 13.6. The number of hydrogen-bond acceptors (Lipinski definition) is 5. The van der Waals surface area contributed by atoms with Gasteiger partial charge in [-0.25, -0.2) is 9.59 Å². The maximum absolute atomic E-state index is 12.3. The molecule has 0 aromatic carbocycles. The van der Waals surface area contributed by atoms with Gasteiger partial charge in [0.25, 0.3) is 0 Å². The SMILES string of the molecule is CCOC(=O)[C@@]12NC(C)CC[C@H]1C(C)(C)OC2=O. The largest absolute Gasteiger partial charge is 0.464 e. The van der Waals surface area contributed by atoms with E-state index >= 15 is 0 Å². The third-order valence-electron chi connectivity index (χ3n) is 4.00. The first-order chi connectivity index (χ1) is 8.34. The fraction of sp³-hybridized carbons (Fsp3) is 0.846. The van der Waals surface area contributed by atoms with Gasteiger partial charge in [0.05, 0.1) is 6.61 Å². The Morgan fingerprint density at radius 1 is 1.50 bits per heavy atom. The molecule has 0 radical (unpaired) electrons. The van der Waals surface area contributed by atoms with E-state index in [2.05, 4.69) is 5.32 Å². The zero-order valence-electron chi connectivity index (χ0n) is 11.4. The monoisotopic (exact) mass is 255 g/mol. The number of carbonyl (C=O) groups is 2. The first-order valence-electron chi connectivity index (χ1n) is 6.53. The minimum absolute atomic E-state index is 0.104. The van der Waals surface area contributed by atoms with Crippen molar-refractivity contribution in [3.05, 3.63) is 0 Å². The third kappa shape index (κ3) is 1.72. The first kappa shape index (κ1) is 13.3. The second kappa shape index (κ2) is 4.23. The van der Waals surface area contributed by atoms with Gasteiger partial charge in [-0.2, -0.15) is 0 Å². The van der Waals surface area contributed by atoms with Gasteiger partial charge in [0.2, 0.25) is 5.54 Å². The number of nitrogens with one attached hydrogen (secondary N) is 1. The van der Waals surface area contributed by atoms with Gasteiger partial charge in [-0.15, -0.1) is 0 Å². The summed E-state index contributed by atoms with van der Waals surface area (Å²) in [7, 11) is 0. The van der Waals surface area contributed by atoms with Crippen LogP contribution in [0.4, 0.5) is 0 Å². The number of esters is 2. The molecule has 5 heteroatoms. The van der Waals surface area contributed by atoms with Crippen LogP contribution in [0.3, 0.4) is 0 Å². The lowest BCUT2D eigenvalue weighted by molar-refractivity contribution is -0.162. The second-order valence-electron chi connectivity index (χ2n) is 5.70. The number of fused-ring (bicyclic) bond motifs is 1. The molecule has 1 unspecified atom stereocenters. The summed E-state index contributed by atoms with van der Waals surface area (Å²) in [6.45, 7) is 7.68. The van der Waals surface area contributed by atoms with E-state index in [0.717, 1.165) is 12.8 Å². The van der Waals surface area contributed by atoms with Crippen LogP contribution in [0.2, 0.25) is 0 Å². The summed E-state index contributed by atoms with van der Waals surface area (Å²) >= 11 is 0. The highest BCUT2D eigenvalue weighted by Crippen LogP contribution is 2.46. The molecule has 0 saturated carbocycles. The quantitative estimate of drug-likeness (QED) is 0.589. The predicted octanol–water partition coefficient (Wildman–Crippen LogP) is 1.01. The maximum Gasteiger partial charge on any atom is 0.339 e. The summed E-state index contributed by atoms with van der Waals surface area (Å²) in [6, 6.07) is 0.104. The topological polar surface area (TPSA) is 64.6 Å². The van der Waals surface area contributed by atoms with Gasteiger partial charge in [-0.05, 0) is 40.5 Å². The van der Waals surface area contributed by atoms with Crippen LogP contribution in [0.1, 0.15) is 40.5 Å². The fourth-order valence-electron chi connectivity index (χ4n) is 3.18. The Bertz CT molecular complexity index is 379. The van der Waals surface area contributed by atoms with E-state index in [1.54, 1.807) is 6.92 Å². The van der Waals surface area contributed by atoms with E-state index in [1.807, 2.05) is 20.8 Å². The van der Waals surface area contributed by atoms with E-state index in [9.17, 15) is 9.59 Å². The predicted molar refractivity (Wildman–Crippen MR) is 64.9 cm³/mol. The van der Waals surface area contributed by atoms with Crippen LogP contribution >= 0.6 is 0 Å². The normalized spacial score (nSPS) is 37.9. The second-order valence-corrected chi connectivity index (χ2v) is 5.70. The van der Waals surface area contributed by atoms with Crippen molar-refractivity contribution in [2.45, 2.75) is 57.7 Å². The molecule has 2 saturated heterocycles. The van der Waals surface area contributed by atoms with E-state index < -0.39 is 23.1 Å². The number of rotatable bonds is 2. The molecule has 2 aliphatic heterocycles. The highest BCUT2D eigenvalue weighted by molar-refractivity contribution is 6.07. The van der Waals surface area contributed by atoms with Gasteiger partial charge in [-0.3, -0.25) is 5.32 Å². The minimum atomic E-state index is -1.31. The molecule has 0 spiro atoms. The molecule has 0 aromatic heterocycles. The summed E-state index contributed by atoms with van der Waals surface area (Å²) in [5, 5.41) is 3.13. The van der Waals surface area contributed by atoms with Crippen molar-refractivity contribution in [1.29, 1.82) is 0 Å². The number of cyclic esters (lactones) is 1. The van der Waals surface area contributed by atoms with Crippen LogP contribution in [0.15, 0.2) is 0 Å². The number of piperidine rings is 1. The van der Waals surface area contributed by atoms with Gasteiger partial charge in [0, 0.05) is 12.0 Å². The fourth-order valence-corrected chi connectivity index (χ4v) is 3.18. The summed E-state index contributed by atoms with van der Waals surface area (Å²) in [6.07, 6.45) is 1.71. The third-order valence-corrected chi connectivity index (χ3v) is 4.00. The standard InChI is InChI=1S/C13H21NO4/c1-5-17-10(15)13-9(7-6-8(2)14-13)12(3,4)18-11(13)16/h8-9,14H,5-7H2,1-4H3/t8?,9-,13-/m0/s1. The highest BCUT2D eigenvalue weighted by atomic mass is 16.6. The van der Waals surface area contributed by atoms with E-state index in [4.69, 9.17) is 9.47 Å². The van der Waals surface area contributed by atoms with Gasteiger partial charge >= 0.3 is 11.9 Å². The van der Waals surface area contributed by atoms with Crippen molar-refractivity contribution in [2.75, 3.05) is 6.61 Å². The molecule has 2 heterocycles. The Morgan fingerprint density at radius 2 is 2.17 bits per heavy atom. The van der Waals surface area contributed by atoms with Crippen molar-refractivity contribution in [3.8, 4) is 0 Å². The van der Waals surface area contributed by atoms with Gasteiger partial charge in [-0.1, -0.05) is 0 Å². The Kier molecular flexibility index (Phi) is 3.13. The zero-order valence-corrected chi connectivity index (χ0v) is 11.4. The van der Waals surface area contributed by atoms with E-state index in [0.29, 0.717) is 0 Å². The summed E-state index contributed by atoms with van der Waals surface area (Å²) in [5.41, 5.74) is -1.94. The van der Waals surface area contributed by atoms with E-state index in [-0.39, 0.29) is 18.6 Å². The Morgan fingerprint density at radius 3 is 2.78 bits per heavy atom. The van der Waals surface area contributed by atoms with E-state index in [1.165, 1.54) is 0 Å². The smallest absolute Gasteiger partial charge is 0.339 e. The first-order valence-corrected chi connectivity index (χ1v) is 6.53. The van der Waals surface area contributed by atoms with Crippen LogP contribution in [0.25, 0.3) is 0 Å². The van der Waals surface area contributed by atoms with Crippen molar-refractivity contribution in [3.63, 3.8) is 0 Å². The molecule has 0 aromatic rings. The van der Waals surface area contributed by atoms with Crippen LogP contribution in [0, 0.1) is 5.92 Å². The molecular formula is C13H21NO4. The van der Waals surface area contributed by atoms with Crippen LogP contribution in [-0.2, 0) is 19.1 Å². The Hall–Kier alpha value is -1.10. The van der Waals surface area contributed by atoms with Crippen molar-refractivity contribution in [2.24, 2.45) is 5.92 Å². The summed E-state index contributed by atoms with van der Waals surface area (Å²) < 4.78 is 10.5. The average molecular weight is 255 g/mol. The van der Waals surface area contributed by atoms with Crippen molar-refractivity contribution in [1.82, 2.24) is 5.32 Å². The molecule has 2 aliphatic rings. The minimum Gasteiger partial charge on any atom is -0.464 e. The lowest BCUT2D eigenvalue weighted by atomic mass is 9.71. The van der Waals surface area contributed by atoms with Gasteiger partial charge in [0.1, 0.15) is 5.60 Å². The van der Waals surface area contributed by atoms with Crippen molar-refractivity contribution >= 4 is 11.9 Å². The van der Waals surface area contributed by atoms with Crippen LogP contribution in [-0.4, -0.2) is 35.7 Å². The lowest BCUT2D eigenvalue weighted by Crippen LogP contribution is -2.66. The number of hydrogen-bond donors (Lipinski definition) is 1. The van der Waals surface area contributed by atoms with Gasteiger partial charge < -0.3 is 9.47 Å². The average Bonchev–Trinajstić information content (AvgIpc) is 2.47. The number of carbonyl (C=O) groups excluding carboxylic acids is 2. The molecule has 1 N–H and O–H groups in total. The molecule has 0 bridgehead atoms. The Labute approximate surface area is 107 Å². The molecule has 0 aliphatic carbocycles. The Balaban J connectivity index is 2.42. The highest BCUT2D eigenvalue weighted by Gasteiger charge is 2.67. The molecule has 102 valence electrons. The summed E-state index contributed by atoms with van der Waals surface area (Å²) in [5.74, 6) is -1.17. The van der Waals surface area contributed by atoms with Crippen molar-refractivity contribution < 1.29 is 19.1 Å². The molecule has 3 atom stereocenters.